The van der Waals surface area contributed by atoms with Gasteiger partial charge in [-0.15, -0.1) is 6.42 Å². The molecule has 0 heterocycles. The fourth-order valence-corrected chi connectivity index (χ4v) is 10.7. The first-order chi connectivity index (χ1) is 14.8. The van der Waals surface area contributed by atoms with E-state index in [1.165, 1.54) is 18.3 Å². The van der Waals surface area contributed by atoms with Crippen LogP contribution in [0.15, 0.2) is 11.6 Å². The molecule has 0 N–H and O–H groups in total. The van der Waals surface area contributed by atoms with Gasteiger partial charge in [-0.3, -0.25) is 0 Å². The van der Waals surface area contributed by atoms with Crippen molar-refractivity contribution in [1.82, 2.24) is 0 Å². The summed E-state index contributed by atoms with van der Waals surface area (Å²) in [5.74, 6) is 4.78. The molecule has 3 saturated carbocycles. The van der Waals surface area contributed by atoms with Crippen molar-refractivity contribution in [3.8, 4) is 12.3 Å². The van der Waals surface area contributed by atoms with Crippen LogP contribution in [0.1, 0.15) is 58.3 Å². The normalized spacial score (nSPS) is 44.0. The van der Waals surface area contributed by atoms with Crippen LogP contribution >= 0.6 is 0 Å². The van der Waals surface area contributed by atoms with Crippen LogP contribution < -0.4 is 0 Å². The van der Waals surface area contributed by atoms with Gasteiger partial charge in [0.25, 0.3) is 0 Å². The number of terminal acetylenes is 1. The van der Waals surface area contributed by atoms with E-state index < -0.39 is 22.2 Å². The molecule has 2 unspecified atom stereocenters. The highest BCUT2D eigenvalue weighted by Gasteiger charge is 2.65. The molecule has 3 fully saturated rings. The van der Waals surface area contributed by atoms with Gasteiger partial charge in [-0.1, -0.05) is 24.5 Å². The Bertz CT molecular complexity index is 831. The molecule has 32 heavy (non-hydrogen) atoms. The van der Waals surface area contributed by atoms with Crippen molar-refractivity contribution in [3.63, 3.8) is 0 Å². The fraction of sp³-hybridized carbons (Fsp3) is 0.815. The molecule has 0 amide bonds. The smallest absolute Gasteiger partial charge is 0.185 e. The molecule has 4 aliphatic rings. The molecule has 0 radical (unpaired) electrons. The molecule has 0 saturated heterocycles. The summed E-state index contributed by atoms with van der Waals surface area (Å²) >= 11 is 0. The van der Waals surface area contributed by atoms with Crippen molar-refractivity contribution in [3.05, 3.63) is 11.6 Å². The lowest BCUT2D eigenvalue weighted by molar-refractivity contribution is -0.131. The van der Waals surface area contributed by atoms with Gasteiger partial charge < -0.3 is 13.6 Å². The average Bonchev–Trinajstić information content (AvgIpc) is 2.97. The quantitative estimate of drug-likeness (QED) is 0.196. The number of hydrogen-bond donors (Lipinski definition) is 0. The third kappa shape index (κ3) is 3.83. The van der Waals surface area contributed by atoms with E-state index in [0.717, 1.165) is 44.9 Å². The molecule has 3 nitrogen and oxygen atoms in total. The van der Waals surface area contributed by atoms with Gasteiger partial charge in [-0.25, -0.2) is 0 Å². The Balaban J connectivity index is 1.64. The molecule has 4 rings (SSSR count). The van der Waals surface area contributed by atoms with Gasteiger partial charge in [0.05, 0.1) is 11.5 Å². The van der Waals surface area contributed by atoms with Crippen LogP contribution in [-0.4, -0.2) is 34.6 Å². The van der Waals surface area contributed by atoms with E-state index in [-0.39, 0.29) is 16.9 Å². The van der Waals surface area contributed by atoms with Crippen molar-refractivity contribution in [2.24, 2.45) is 28.6 Å². The van der Waals surface area contributed by atoms with Crippen molar-refractivity contribution < 1.29 is 13.6 Å². The van der Waals surface area contributed by atoms with Gasteiger partial charge in [0.15, 0.2) is 16.6 Å². The number of rotatable bonds is 5. The van der Waals surface area contributed by atoms with E-state index in [9.17, 15) is 4.79 Å². The lowest BCUT2D eigenvalue weighted by Crippen LogP contribution is -2.58. The van der Waals surface area contributed by atoms with Crippen LogP contribution in [0.3, 0.4) is 0 Å². The Kier molecular flexibility index (Phi) is 6.06. The van der Waals surface area contributed by atoms with Crippen LogP contribution in [0.2, 0.25) is 39.3 Å². The largest absolute Gasteiger partial charge is 0.411 e. The van der Waals surface area contributed by atoms with Crippen molar-refractivity contribution in [2.75, 3.05) is 0 Å². The van der Waals surface area contributed by atoms with E-state index in [0.29, 0.717) is 17.8 Å². The molecule has 7 atom stereocenters. The summed E-state index contributed by atoms with van der Waals surface area (Å²) in [6.45, 7) is 16.0. The van der Waals surface area contributed by atoms with E-state index >= 15 is 0 Å². The molecule has 0 aromatic heterocycles. The molecular weight excluding hydrogens is 428 g/mol. The maximum absolute atomic E-state index is 12.8. The van der Waals surface area contributed by atoms with E-state index in [1.54, 1.807) is 0 Å². The Morgan fingerprint density at radius 2 is 1.69 bits per heavy atom. The molecular formula is C27H44O3Si2. The van der Waals surface area contributed by atoms with Gasteiger partial charge in [0.1, 0.15) is 11.9 Å². The first kappa shape index (κ1) is 24.4. The molecule has 0 aliphatic heterocycles. The van der Waals surface area contributed by atoms with Crippen molar-refractivity contribution in [1.29, 1.82) is 0 Å². The highest BCUT2D eigenvalue weighted by Crippen LogP contribution is 2.68. The summed E-state index contributed by atoms with van der Waals surface area (Å²) in [6, 6.07) is 0. The second kappa shape index (κ2) is 7.94. The lowest BCUT2D eigenvalue weighted by atomic mass is 9.46. The van der Waals surface area contributed by atoms with E-state index in [1.807, 2.05) is 0 Å². The zero-order chi connectivity index (χ0) is 23.6. The fourth-order valence-electron chi connectivity index (χ4n) is 8.12. The first-order valence-corrected chi connectivity index (χ1v) is 19.6. The number of allylic oxidation sites excluding steroid dienone is 1. The van der Waals surface area contributed by atoms with E-state index in [2.05, 4.69) is 58.2 Å². The third-order valence-electron chi connectivity index (χ3n) is 9.22. The molecule has 0 aromatic rings. The number of carbonyl (C=O) groups excluding carboxylic acids is 1. The van der Waals surface area contributed by atoms with Gasteiger partial charge in [-0.05, 0) is 108 Å². The number of aldehydes is 1. The Hall–Kier alpha value is -0.676. The summed E-state index contributed by atoms with van der Waals surface area (Å²) in [5, 5.41) is 0. The number of fused-ring (bicyclic) bond motifs is 5. The maximum atomic E-state index is 12.8. The van der Waals surface area contributed by atoms with Crippen LogP contribution in [0, 0.1) is 40.9 Å². The summed E-state index contributed by atoms with van der Waals surface area (Å²) in [6.07, 6.45) is 18.5. The minimum absolute atomic E-state index is 0.0205. The van der Waals surface area contributed by atoms with E-state index in [4.69, 9.17) is 15.3 Å². The number of carbonyl (C=O) groups is 1. The van der Waals surface area contributed by atoms with Gasteiger partial charge in [0, 0.05) is 5.41 Å². The molecule has 0 bridgehead atoms. The van der Waals surface area contributed by atoms with Crippen LogP contribution in [0.5, 0.6) is 0 Å². The second-order valence-electron chi connectivity index (χ2n) is 13.3. The van der Waals surface area contributed by atoms with Gasteiger partial charge in [-0.2, -0.15) is 0 Å². The molecule has 0 aromatic carbocycles. The SMILES string of the molecule is C#CC1(O[Si](C)(C)C)CC[C@H]2[C@@H]3CCC4=CC(O[Si](C)(C)C)CC[C@]4(C=O)[C@@H]3CC[C@@]21C. The molecule has 178 valence electrons. The minimum atomic E-state index is -1.78. The predicted octanol–water partition coefficient (Wildman–Crippen LogP) is 6.57. The van der Waals surface area contributed by atoms with Crippen LogP contribution in [0.25, 0.3) is 0 Å². The third-order valence-corrected chi connectivity index (χ3v) is 11.2. The number of hydrogen-bond acceptors (Lipinski definition) is 3. The van der Waals surface area contributed by atoms with Crippen LogP contribution in [-0.2, 0) is 13.6 Å². The summed E-state index contributed by atoms with van der Waals surface area (Å²) in [5.41, 5.74) is 0.698. The Labute approximate surface area is 198 Å². The monoisotopic (exact) mass is 472 g/mol. The molecule has 5 heteroatoms. The van der Waals surface area contributed by atoms with Gasteiger partial charge >= 0.3 is 0 Å². The standard InChI is InChI=1S/C27H44O3Si2/c1-9-27(30-32(6,7)8)17-14-23-22-11-10-20-18-21(29-31(3,4)5)12-16-26(20,19-28)24(22)13-15-25(23,27)2/h1,18-19,21-24H,10-17H2,2-8H3/t21?,22-,23-,24+,25-,26+,27?/m0/s1. The molecule has 0 spiro atoms. The summed E-state index contributed by atoms with van der Waals surface area (Å²) in [4.78, 5) is 12.8. The maximum Gasteiger partial charge on any atom is 0.185 e. The van der Waals surface area contributed by atoms with Crippen molar-refractivity contribution >= 4 is 22.9 Å². The topological polar surface area (TPSA) is 35.5 Å². The minimum Gasteiger partial charge on any atom is -0.411 e. The highest BCUT2D eigenvalue weighted by atomic mass is 28.4. The zero-order valence-electron chi connectivity index (χ0n) is 21.4. The molecule has 4 aliphatic carbocycles. The lowest BCUT2D eigenvalue weighted by Gasteiger charge is -2.59. The van der Waals surface area contributed by atoms with Crippen molar-refractivity contribution in [2.45, 2.75) is 109 Å². The Morgan fingerprint density at radius 1 is 1.00 bits per heavy atom. The Morgan fingerprint density at radius 3 is 2.28 bits per heavy atom. The van der Waals surface area contributed by atoms with Crippen LogP contribution in [0.4, 0.5) is 0 Å². The highest BCUT2D eigenvalue weighted by molar-refractivity contribution is 6.70. The second-order valence-corrected chi connectivity index (χ2v) is 22.1. The average molecular weight is 473 g/mol. The van der Waals surface area contributed by atoms with Gasteiger partial charge in [0.2, 0.25) is 0 Å². The predicted molar refractivity (Wildman–Crippen MR) is 136 cm³/mol. The zero-order valence-corrected chi connectivity index (χ0v) is 23.4. The summed E-state index contributed by atoms with van der Waals surface area (Å²) < 4.78 is 13.3. The first-order valence-electron chi connectivity index (χ1n) is 12.8. The summed E-state index contributed by atoms with van der Waals surface area (Å²) in [7, 11) is -3.38.